The van der Waals surface area contributed by atoms with E-state index < -0.39 is 0 Å². The van der Waals surface area contributed by atoms with Crippen LogP contribution < -0.4 is 0 Å². The second-order valence-electron chi connectivity index (χ2n) is 1.69. The summed E-state index contributed by atoms with van der Waals surface area (Å²) in [6.07, 6.45) is 3.35. The molecule has 0 aromatic carbocycles. The largest absolute Gasteiger partial charge is 0.262 e. The molecule has 0 unspecified atom stereocenters. The van der Waals surface area contributed by atoms with Crippen molar-refractivity contribution in [2.24, 2.45) is 0 Å². The fraction of sp³-hybridized carbons (Fsp3) is 0. The molecule has 0 saturated carbocycles. The Morgan fingerprint density at radius 3 is 3.11 bits per heavy atom. The molecular weight excluding hydrogens is 116 g/mol. The molecule has 2 aromatic heterocycles. The first-order valence-electron chi connectivity index (χ1n) is 2.57. The van der Waals surface area contributed by atoms with E-state index in [1.54, 1.807) is 18.5 Å². The molecule has 0 amide bonds. The summed E-state index contributed by atoms with van der Waals surface area (Å²) in [6, 6.07) is 1.80. The third-order valence-electron chi connectivity index (χ3n) is 1.12. The number of H-pyrrole nitrogens is 1. The monoisotopic (exact) mass is 122 g/mol. The van der Waals surface area contributed by atoms with Crippen molar-refractivity contribution in [2.45, 2.75) is 0 Å². The zero-order chi connectivity index (χ0) is 6.10. The number of pyridine rings is 1. The lowest BCUT2D eigenvalue weighted by molar-refractivity contribution is 0.959. The van der Waals surface area contributed by atoms with Crippen LogP contribution in [0.25, 0.3) is 11.0 Å². The van der Waals surface area contributed by atoms with Crippen LogP contribution in [0.5, 0.6) is 0 Å². The molecule has 0 atom stereocenters. The van der Waals surface area contributed by atoms with Crippen LogP contribution in [0.1, 0.15) is 1.43 Å². The van der Waals surface area contributed by atoms with Gasteiger partial charge in [-0.1, -0.05) is 0 Å². The molecule has 0 radical (unpaired) electrons. The predicted molar refractivity (Wildman–Crippen MR) is 33.8 cm³/mol. The van der Waals surface area contributed by atoms with Crippen molar-refractivity contribution in [3.8, 4) is 0 Å². The Morgan fingerprint density at radius 2 is 2.22 bits per heavy atom. The molecule has 0 aliphatic carbocycles. The summed E-state index contributed by atoms with van der Waals surface area (Å²) in [5.41, 5.74) is 1.66. The lowest BCUT2D eigenvalue weighted by Crippen LogP contribution is -1.69. The maximum absolute atomic E-state index is 3.86. The number of aromatic nitrogens is 4. The minimum atomic E-state index is 0. The zero-order valence-electron chi connectivity index (χ0n) is 4.57. The van der Waals surface area contributed by atoms with Crippen LogP contribution >= 0.6 is 0 Å². The van der Waals surface area contributed by atoms with Crippen molar-refractivity contribution >= 4 is 11.0 Å². The van der Waals surface area contributed by atoms with Crippen LogP contribution in [0.2, 0.25) is 0 Å². The maximum atomic E-state index is 3.86. The highest BCUT2D eigenvalue weighted by Crippen LogP contribution is 2.01. The topological polar surface area (TPSA) is 54.5 Å². The third-order valence-corrected chi connectivity index (χ3v) is 1.12. The van der Waals surface area contributed by atoms with Gasteiger partial charge in [-0.2, -0.15) is 15.4 Å². The van der Waals surface area contributed by atoms with E-state index in [1.807, 2.05) is 0 Å². The van der Waals surface area contributed by atoms with Gasteiger partial charge in [0.25, 0.3) is 0 Å². The summed E-state index contributed by atoms with van der Waals surface area (Å²) < 4.78 is 0. The van der Waals surface area contributed by atoms with E-state index in [9.17, 15) is 0 Å². The quantitative estimate of drug-likeness (QED) is 0.556. The standard InChI is InChI=1S/C5H4N4.H2/c1-2-6-3-5-4(1)7-9-8-5;/h1-3H,(H,7,8,9);1H. The van der Waals surface area contributed by atoms with Gasteiger partial charge in [0.15, 0.2) is 0 Å². The van der Waals surface area contributed by atoms with Crippen molar-refractivity contribution in [1.82, 2.24) is 20.4 Å². The zero-order valence-corrected chi connectivity index (χ0v) is 4.57. The Bertz CT molecular complexity index is 288. The molecule has 2 aromatic rings. The van der Waals surface area contributed by atoms with Crippen molar-refractivity contribution in [3.63, 3.8) is 0 Å². The van der Waals surface area contributed by atoms with Crippen molar-refractivity contribution in [3.05, 3.63) is 18.5 Å². The second kappa shape index (κ2) is 1.51. The first kappa shape index (κ1) is 4.43. The molecule has 46 valence electrons. The van der Waals surface area contributed by atoms with Crippen molar-refractivity contribution < 1.29 is 1.43 Å². The Labute approximate surface area is 52.4 Å². The van der Waals surface area contributed by atoms with E-state index in [-0.39, 0.29) is 1.43 Å². The van der Waals surface area contributed by atoms with Crippen LogP contribution in [-0.4, -0.2) is 20.4 Å². The molecule has 0 saturated heterocycles. The Morgan fingerprint density at radius 1 is 1.33 bits per heavy atom. The first-order valence-corrected chi connectivity index (χ1v) is 2.57. The van der Waals surface area contributed by atoms with E-state index >= 15 is 0 Å². The van der Waals surface area contributed by atoms with E-state index in [0.717, 1.165) is 11.0 Å². The molecule has 0 aliphatic rings. The van der Waals surface area contributed by atoms with Crippen LogP contribution in [0.3, 0.4) is 0 Å². The summed E-state index contributed by atoms with van der Waals surface area (Å²) in [4.78, 5) is 3.86. The minimum absolute atomic E-state index is 0. The van der Waals surface area contributed by atoms with Gasteiger partial charge in [0.05, 0.1) is 6.20 Å². The molecule has 1 N–H and O–H groups in total. The predicted octanol–water partition coefficient (Wildman–Crippen LogP) is 0.599. The number of hydrogen-bond acceptors (Lipinski definition) is 3. The summed E-state index contributed by atoms with van der Waals surface area (Å²) in [5, 5.41) is 10.2. The maximum Gasteiger partial charge on any atom is 0.131 e. The van der Waals surface area contributed by atoms with Gasteiger partial charge in [-0.05, 0) is 6.07 Å². The van der Waals surface area contributed by atoms with E-state index in [2.05, 4.69) is 20.4 Å². The van der Waals surface area contributed by atoms with Gasteiger partial charge in [-0.25, -0.2) is 0 Å². The van der Waals surface area contributed by atoms with Crippen LogP contribution in [-0.2, 0) is 0 Å². The summed E-state index contributed by atoms with van der Waals surface area (Å²) in [6.45, 7) is 0. The number of hydrogen-bond donors (Lipinski definition) is 1. The Hall–Kier alpha value is -1.45. The average molecular weight is 122 g/mol. The molecule has 0 fully saturated rings. The Balaban J connectivity index is 0.000000500. The number of aromatic amines is 1. The number of nitrogens with one attached hydrogen (secondary N) is 1. The number of rotatable bonds is 0. The highest BCUT2D eigenvalue weighted by molar-refractivity contribution is 5.71. The first-order chi connectivity index (χ1) is 4.47. The van der Waals surface area contributed by atoms with Gasteiger partial charge >= 0.3 is 0 Å². The van der Waals surface area contributed by atoms with Crippen molar-refractivity contribution in [2.75, 3.05) is 0 Å². The molecule has 2 rings (SSSR count). The molecule has 0 spiro atoms. The summed E-state index contributed by atoms with van der Waals surface area (Å²) in [7, 11) is 0. The second-order valence-corrected chi connectivity index (χ2v) is 1.69. The van der Waals surface area contributed by atoms with E-state index in [1.165, 1.54) is 0 Å². The fourth-order valence-corrected chi connectivity index (χ4v) is 0.692. The summed E-state index contributed by atoms with van der Waals surface area (Å²) >= 11 is 0. The van der Waals surface area contributed by atoms with E-state index in [0.29, 0.717) is 0 Å². The molecule has 0 aliphatic heterocycles. The Kier molecular flexibility index (Phi) is 0.745. The third kappa shape index (κ3) is 0.561. The van der Waals surface area contributed by atoms with Gasteiger partial charge in [-0.3, -0.25) is 4.98 Å². The van der Waals surface area contributed by atoms with Crippen LogP contribution in [0.4, 0.5) is 0 Å². The normalized spacial score (nSPS) is 10.2. The van der Waals surface area contributed by atoms with Gasteiger partial charge < -0.3 is 0 Å². The lowest BCUT2D eigenvalue weighted by Gasteiger charge is -1.77. The average Bonchev–Trinajstić information content (AvgIpc) is 2.33. The SMILES string of the molecule is [HH].c1cc2n[nH]nc2cn1. The summed E-state index contributed by atoms with van der Waals surface area (Å²) in [5.74, 6) is 0. The molecule has 2 heterocycles. The highest BCUT2D eigenvalue weighted by atomic mass is 15.3. The molecule has 4 heteroatoms. The number of fused-ring (bicyclic) bond motifs is 1. The molecule has 9 heavy (non-hydrogen) atoms. The van der Waals surface area contributed by atoms with Gasteiger partial charge in [-0.15, -0.1) is 0 Å². The van der Waals surface area contributed by atoms with Crippen LogP contribution in [0, 0.1) is 0 Å². The highest BCUT2D eigenvalue weighted by Gasteiger charge is 1.91. The fourth-order valence-electron chi connectivity index (χ4n) is 0.692. The smallest absolute Gasteiger partial charge is 0.131 e. The van der Waals surface area contributed by atoms with Gasteiger partial charge in [0.2, 0.25) is 0 Å². The molecular formula is C5H6N4. The number of nitrogens with zero attached hydrogens (tertiary/aromatic N) is 3. The van der Waals surface area contributed by atoms with Gasteiger partial charge in [0.1, 0.15) is 11.0 Å². The van der Waals surface area contributed by atoms with Crippen LogP contribution in [0.15, 0.2) is 18.5 Å². The molecule has 0 bridgehead atoms. The van der Waals surface area contributed by atoms with Crippen molar-refractivity contribution in [1.29, 1.82) is 0 Å². The molecule has 4 nitrogen and oxygen atoms in total. The lowest BCUT2D eigenvalue weighted by atomic mass is 10.4. The van der Waals surface area contributed by atoms with E-state index in [4.69, 9.17) is 0 Å². The minimum Gasteiger partial charge on any atom is -0.262 e. The van der Waals surface area contributed by atoms with Gasteiger partial charge in [0, 0.05) is 7.62 Å².